The lowest BCUT2D eigenvalue weighted by atomic mass is 9.82. The Kier molecular flexibility index (Phi) is 4.29. The van der Waals surface area contributed by atoms with E-state index in [2.05, 4.69) is 0 Å². The highest BCUT2D eigenvalue weighted by Gasteiger charge is 2.24. The normalized spacial score (nSPS) is 20.9. The van der Waals surface area contributed by atoms with Gasteiger partial charge in [-0.05, 0) is 30.9 Å². The Morgan fingerprint density at radius 2 is 1.61 bits per heavy atom. The fraction of sp³-hybridized carbons (Fsp3) is 0.500. The summed E-state index contributed by atoms with van der Waals surface area (Å²) in [6.07, 6.45) is 13.5. The lowest BCUT2D eigenvalue weighted by Crippen LogP contribution is -2.20. The highest BCUT2D eigenvalue weighted by atomic mass is 16.1. The molecule has 0 unspecified atom stereocenters. The number of Topliss-reactive ketones (excluding diaryl/α,β-unsaturated/α-hetero) is 2. The maximum Gasteiger partial charge on any atom is 0.162 e. The smallest absolute Gasteiger partial charge is 0.162 e. The molecule has 0 heterocycles. The molecule has 0 aliphatic heterocycles. The highest BCUT2D eigenvalue weighted by molar-refractivity contribution is 6.01. The fourth-order valence-corrected chi connectivity index (χ4v) is 2.70. The molecule has 2 aliphatic rings. The van der Waals surface area contributed by atoms with Crippen molar-refractivity contribution in [1.29, 1.82) is 0 Å². The van der Waals surface area contributed by atoms with E-state index >= 15 is 0 Å². The number of allylic oxidation sites excluding steroid dienone is 6. The third-order valence-corrected chi connectivity index (χ3v) is 3.83. The van der Waals surface area contributed by atoms with E-state index in [0.29, 0.717) is 6.42 Å². The minimum Gasteiger partial charge on any atom is -0.295 e. The Morgan fingerprint density at radius 1 is 1.00 bits per heavy atom. The molecular formula is C16H20O2. The second-order valence-electron chi connectivity index (χ2n) is 5.20. The lowest BCUT2D eigenvalue weighted by Gasteiger charge is -2.21. The SMILES string of the molecule is CC(=O)C1=CC=CC=C(C(=O)C2CCCCC2)C1. The van der Waals surface area contributed by atoms with Gasteiger partial charge in [0.2, 0.25) is 0 Å². The third-order valence-electron chi connectivity index (χ3n) is 3.83. The van der Waals surface area contributed by atoms with Crippen LogP contribution in [0.15, 0.2) is 35.5 Å². The highest BCUT2D eigenvalue weighted by Crippen LogP contribution is 2.29. The van der Waals surface area contributed by atoms with Crippen LogP contribution in [0.5, 0.6) is 0 Å². The van der Waals surface area contributed by atoms with Gasteiger partial charge in [-0.25, -0.2) is 0 Å². The van der Waals surface area contributed by atoms with Gasteiger partial charge in [0.25, 0.3) is 0 Å². The van der Waals surface area contributed by atoms with E-state index in [1.807, 2.05) is 24.3 Å². The van der Waals surface area contributed by atoms with Gasteiger partial charge in [0, 0.05) is 12.3 Å². The quantitative estimate of drug-likeness (QED) is 0.761. The van der Waals surface area contributed by atoms with Gasteiger partial charge in [-0.3, -0.25) is 9.59 Å². The summed E-state index contributed by atoms with van der Waals surface area (Å²) in [5.74, 6) is 0.502. The molecule has 0 N–H and O–H groups in total. The van der Waals surface area contributed by atoms with Gasteiger partial charge in [-0.1, -0.05) is 43.6 Å². The zero-order valence-corrected chi connectivity index (χ0v) is 10.9. The van der Waals surface area contributed by atoms with Crippen LogP contribution in [0.2, 0.25) is 0 Å². The molecule has 0 spiro atoms. The summed E-state index contributed by atoms with van der Waals surface area (Å²) in [6.45, 7) is 1.56. The van der Waals surface area contributed by atoms with Crippen molar-refractivity contribution in [1.82, 2.24) is 0 Å². The van der Waals surface area contributed by atoms with E-state index in [9.17, 15) is 9.59 Å². The van der Waals surface area contributed by atoms with Crippen molar-refractivity contribution in [2.75, 3.05) is 0 Å². The number of carbonyl (C=O) groups is 2. The van der Waals surface area contributed by atoms with E-state index in [4.69, 9.17) is 0 Å². The average Bonchev–Trinajstić information content (AvgIpc) is 2.65. The number of hydrogen-bond acceptors (Lipinski definition) is 2. The molecule has 1 fully saturated rings. The second-order valence-corrected chi connectivity index (χ2v) is 5.20. The second kappa shape index (κ2) is 5.94. The molecular weight excluding hydrogens is 224 g/mol. The first-order valence-corrected chi connectivity index (χ1v) is 6.80. The Morgan fingerprint density at radius 3 is 2.22 bits per heavy atom. The Hall–Kier alpha value is -1.44. The molecule has 2 nitrogen and oxygen atoms in total. The lowest BCUT2D eigenvalue weighted by molar-refractivity contribution is -0.120. The molecule has 0 saturated heterocycles. The van der Waals surface area contributed by atoms with Gasteiger partial charge in [-0.15, -0.1) is 0 Å². The van der Waals surface area contributed by atoms with Crippen LogP contribution in [-0.2, 0) is 9.59 Å². The van der Waals surface area contributed by atoms with Crippen molar-refractivity contribution in [3.05, 3.63) is 35.5 Å². The van der Waals surface area contributed by atoms with Gasteiger partial charge in [-0.2, -0.15) is 0 Å². The van der Waals surface area contributed by atoms with Gasteiger partial charge < -0.3 is 0 Å². The van der Waals surface area contributed by atoms with E-state index in [0.717, 1.165) is 36.8 Å². The number of ketones is 2. The predicted octanol–water partition coefficient (Wildman–Crippen LogP) is 3.54. The van der Waals surface area contributed by atoms with Gasteiger partial charge in [0.1, 0.15) is 0 Å². The first-order valence-electron chi connectivity index (χ1n) is 6.80. The monoisotopic (exact) mass is 244 g/mol. The summed E-state index contributed by atoms with van der Waals surface area (Å²) in [7, 11) is 0. The van der Waals surface area contributed by atoms with E-state index in [1.165, 1.54) is 6.42 Å². The van der Waals surface area contributed by atoms with Crippen LogP contribution in [0.3, 0.4) is 0 Å². The van der Waals surface area contributed by atoms with Crippen molar-refractivity contribution in [3.63, 3.8) is 0 Å². The van der Waals surface area contributed by atoms with Crippen molar-refractivity contribution >= 4 is 11.6 Å². The largest absolute Gasteiger partial charge is 0.295 e. The first-order chi connectivity index (χ1) is 8.68. The molecule has 2 rings (SSSR count). The molecule has 18 heavy (non-hydrogen) atoms. The van der Waals surface area contributed by atoms with Crippen LogP contribution in [0.1, 0.15) is 45.4 Å². The van der Waals surface area contributed by atoms with Crippen molar-refractivity contribution in [3.8, 4) is 0 Å². The minimum atomic E-state index is 0.0592. The molecule has 2 aliphatic carbocycles. The molecule has 96 valence electrons. The van der Waals surface area contributed by atoms with Crippen LogP contribution in [-0.4, -0.2) is 11.6 Å². The average molecular weight is 244 g/mol. The molecule has 0 aromatic rings. The molecule has 0 bridgehead atoms. The van der Waals surface area contributed by atoms with Crippen molar-refractivity contribution in [2.45, 2.75) is 45.4 Å². The van der Waals surface area contributed by atoms with Crippen molar-refractivity contribution in [2.24, 2.45) is 5.92 Å². The number of rotatable bonds is 3. The van der Waals surface area contributed by atoms with Crippen LogP contribution in [0, 0.1) is 5.92 Å². The fourth-order valence-electron chi connectivity index (χ4n) is 2.70. The zero-order valence-electron chi connectivity index (χ0n) is 10.9. The van der Waals surface area contributed by atoms with Gasteiger partial charge >= 0.3 is 0 Å². The van der Waals surface area contributed by atoms with Crippen LogP contribution < -0.4 is 0 Å². The van der Waals surface area contributed by atoms with Crippen LogP contribution in [0.25, 0.3) is 0 Å². The summed E-state index contributed by atoms with van der Waals surface area (Å²) >= 11 is 0. The number of hydrogen-bond donors (Lipinski definition) is 0. The standard InChI is InChI=1S/C16H20O2/c1-12(17)14-9-5-6-10-15(11-14)16(18)13-7-3-2-4-8-13/h5-6,9-10,13H,2-4,7-8,11H2,1H3. The molecule has 0 amide bonds. The van der Waals surface area contributed by atoms with Crippen LogP contribution >= 0.6 is 0 Å². The third kappa shape index (κ3) is 3.06. The zero-order chi connectivity index (χ0) is 13.0. The topological polar surface area (TPSA) is 34.1 Å². The Balaban J connectivity index is 2.10. The van der Waals surface area contributed by atoms with Gasteiger partial charge in [0.15, 0.2) is 11.6 Å². The first kappa shape index (κ1) is 13.0. The summed E-state index contributed by atoms with van der Waals surface area (Å²) in [6, 6.07) is 0. The van der Waals surface area contributed by atoms with Crippen LogP contribution in [0.4, 0.5) is 0 Å². The maximum atomic E-state index is 12.4. The number of carbonyl (C=O) groups excluding carboxylic acids is 2. The van der Waals surface area contributed by atoms with E-state index in [-0.39, 0.29) is 17.5 Å². The summed E-state index contributed by atoms with van der Waals surface area (Å²) in [5, 5.41) is 0. The van der Waals surface area contributed by atoms with E-state index in [1.54, 1.807) is 6.92 Å². The predicted molar refractivity (Wildman–Crippen MR) is 72.2 cm³/mol. The summed E-state index contributed by atoms with van der Waals surface area (Å²) in [4.78, 5) is 23.9. The summed E-state index contributed by atoms with van der Waals surface area (Å²) < 4.78 is 0. The Bertz CT molecular complexity index is 432. The maximum absolute atomic E-state index is 12.4. The Labute approximate surface area is 108 Å². The van der Waals surface area contributed by atoms with Crippen molar-refractivity contribution < 1.29 is 9.59 Å². The summed E-state index contributed by atoms with van der Waals surface area (Å²) in [5.41, 5.74) is 1.54. The minimum absolute atomic E-state index is 0.0592. The van der Waals surface area contributed by atoms with Gasteiger partial charge in [0.05, 0.1) is 0 Å². The molecule has 0 atom stereocenters. The molecule has 0 aromatic carbocycles. The molecule has 1 saturated carbocycles. The van der Waals surface area contributed by atoms with E-state index < -0.39 is 0 Å². The molecule has 2 heteroatoms. The molecule has 0 aromatic heterocycles. The molecule has 0 radical (unpaired) electrons.